The normalized spacial score (nSPS) is 13.9. The number of rotatable bonds is 8. The molecule has 0 heterocycles. The minimum absolute atomic E-state index is 0.550. The van der Waals surface area contributed by atoms with Crippen molar-refractivity contribution in [2.24, 2.45) is 0 Å². The van der Waals surface area contributed by atoms with Gasteiger partial charge in [0.05, 0.1) is 7.11 Å². The summed E-state index contributed by atoms with van der Waals surface area (Å²) in [5, 5.41) is 4.08. The largest absolute Gasteiger partial charge is 0.497 e. The van der Waals surface area contributed by atoms with Crippen molar-refractivity contribution in [3.8, 4) is 5.75 Å². The van der Waals surface area contributed by atoms with E-state index in [4.69, 9.17) is 9.26 Å². The van der Waals surface area contributed by atoms with Crippen molar-refractivity contribution in [1.82, 2.24) is 0 Å². The first-order chi connectivity index (χ1) is 14.0. The molecule has 152 valence electrons. The highest BCUT2D eigenvalue weighted by Crippen LogP contribution is 2.58. The molecular weight excluding hydrogens is 383 g/mol. The van der Waals surface area contributed by atoms with Gasteiger partial charge < -0.3 is 19.5 Å². The van der Waals surface area contributed by atoms with Crippen LogP contribution in [0.5, 0.6) is 5.75 Å². The number of ether oxygens (including phenoxy) is 1. The van der Waals surface area contributed by atoms with E-state index in [0.29, 0.717) is 5.30 Å². The van der Waals surface area contributed by atoms with Gasteiger partial charge >= 0.3 is 0 Å². The molecule has 1 N–H and O–H groups in total. The first-order valence-electron chi connectivity index (χ1n) is 9.37. The van der Waals surface area contributed by atoms with Gasteiger partial charge in [0.2, 0.25) is 0 Å². The Kier molecular flexibility index (Phi) is 6.63. The van der Waals surface area contributed by atoms with Gasteiger partial charge in [-0.2, -0.15) is 0 Å². The molecule has 29 heavy (non-hydrogen) atoms. The summed E-state index contributed by atoms with van der Waals surface area (Å²) in [4.78, 5) is 2.00. The van der Waals surface area contributed by atoms with Gasteiger partial charge in [-0.15, -0.1) is 0 Å². The highest BCUT2D eigenvalue weighted by molar-refractivity contribution is 7.67. The Morgan fingerprint density at radius 3 is 2.00 bits per heavy atom. The number of benzene rings is 3. The zero-order chi connectivity index (χ0) is 20.9. The van der Waals surface area contributed by atoms with Crippen molar-refractivity contribution in [3.05, 3.63) is 84.4 Å². The monoisotopic (exact) mass is 410 g/mol. The third kappa shape index (κ3) is 4.64. The van der Waals surface area contributed by atoms with Crippen LogP contribution in [-0.2, 0) is 9.09 Å². The lowest BCUT2D eigenvalue weighted by Crippen LogP contribution is -2.20. The van der Waals surface area contributed by atoms with Gasteiger partial charge in [0.25, 0.3) is 7.37 Å². The predicted molar refractivity (Wildman–Crippen MR) is 121 cm³/mol. The third-order valence-corrected chi connectivity index (χ3v) is 7.51. The summed E-state index contributed by atoms with van der Waals surface area (Å²) in [5.74, 6) is 0.195. The van der Waals surface area contributed by atoms with Crippen molar-refractivity contribution < 1.29 is 13.8 Å². The van der Waals surface area contributed by atoms with Crippen molar-refractivity contribution in [1.29, 1.82) is 0 Å². The fourth-order valence-corrected chi connectivity index (χ4v) is 5.33. The third-order valence-electron chi connectivity index (χ3n) is 4.85. The maximum Gasteiger partial charge on any atom is 0.257 e. The van der Waals surface area contributed by atoms with Crippen LogP contribution < -0.4 is 20.3 Å². The minimum Gasteiger partial charge on any atom is -0.497 e. The maximum absolute atomic E-state index is 14.2. The highest BCUT2D eigenvalue weighted by Gasteiger charge is 2.37. The molecule has 3 rings (SSSR count). The molecule has 0 aliphatic carbocycles. The lowest BCUT2D eigenvalue weighted by atomic mass is 10.2. The van der Waals surface area contributed by atoms with Crippen LogP contribution in [0, 0.1) is 0 Å². The SMILES string of the molecule is COc1ccc(C(Nc2ccccc2)P(=O)(OC)c2ccc(N(C)C)cc2)cc1. The fraction of sp³-hybridized carbons (Fsp3) is 0.217. The van der Waals surface area contributed by atoms with Crippen LogP contribution in [0.4, 0.5) is 11.4 Å². The summed E-state index contributed by atoms with van der Waals surface area (Å²) in [6, 6.07) is 25.0. The number of nitrogens with zero attached hydrogens (tertiary/aromatic N) is 1. The average Bonchev–Trinajstić information content (AvgIpc) is 2.78. The van der Waals surface area contributed by atoms with Crippen LogP contribution in [0.25, 0.3) is 0 Å². The van der Waals surface area contributed by atoms with Gasteiger partial charge in [-0.3, -0.25) is 4.57 Å². The predicted octanol–water partition coefficient (Wildman–Crippen LogP) is 5.12. The van der Waals surface area contributed by atoms with Gasteiger partial charge in [0.15, 0.2) is 0 Å². The number of para-hydroxylation sites is 1. The van der Waals surface area contributed by atoms with Crippen LogP contribution in [0.15, 0.2) is 78.9 Å². The Bertz CT molecular complexity index is 958. The topological polar surface area (TPSA) is 50.8 Å². The second-order valence-electron chi connectivity index (χ2n) is 6.88. The summed E-state index contributed by atoms with van der Waals surface area (Å²) in [7, 11) is 3.78. The molecule has 0 aliphatic heterocycles. The molecule has 0 aromatic heterocycles. The molecule has 2 atom stereocenters. The highest BCUT2D eigenvalue weighted by atomic mass is 31.2. The first kappa shape index (κ1) is 21.0. The molecule has 0 saturated carbocycles. The fourth-order valence-electron chi connectivity index (χ4n) is 3.16. The van der Waals surface area contributed by atoms with E-state index in [0.717, 1.165) is 22.7 Å². The van der Waals surface area contributed by atoms with E-state index in [1.165, 1.54) is 7.11 Å². The van der Waals surface area contributed by atoms with Crippen LogP contribution in [-0.4, -0.2) is 28.3 Å². The summed E-state index contributed by atoms with van der Waals surface area (Å²) in [6.45, 7) is 0. The maximum atomic E-state index is 14.2. The number of anilines is 2. The summed E-state index contributed by atoms with van der Waals surface area (Å²) >= 11 is 0. The Morgan fingerprint density at radius 1 is 0.862 bits per heavy atom. The number of hydrogen-bond donors (Lipinski definition) is 1. The number of methoxy groups -OCH3 is 1. The average molecular weight is 410 g/mol. The Balaban J connectivity index is 2.06. The molecule has 6 heteroatoms. The van der Waals surface area contributed by atoms with Gasteiger partial charge in [-0.05, 0) is 54.1 Å². The summed E-state index contributed by atoms with van der Waals surface area (Å²) < 4.78 is 25.2. The molecular formula is C23H27N2O3P. The number of nitrogens with one attached hydrogen (secondary N) is 1. The summed E-state index contributed by atoms with van der Waals surface area (Å²) in [5.41, 5.74) is 2.76. The molecule has 5 nitrogen and oxygen atoms in total. The lowest BCUT2D eigenvalue weighted by molar-refractivity contribution is 0.396. The molecule has 0 bridgehead atoms. The van der Waals surface area contributed by atoms with E-state index in [2.05, 4.69) is 5.32 Å². The molecule has 0 fully saturated rings. The van der Waals surface area contributed by atoms with Crippen molar-refractivity contribution in [2.75, 3.05) is 38.5 Å². The Hall–Kier alpha value is -2.75. The Morgan fingerprint density at radius 2 is 1.48 bits per heavy atom. The van der Waals surface area contributed by atoms with Crippen LogP contribution in [0.3, 0.4) is 0 Å². The number of hydrogen-bond acceptors (Lipinski definition) is 5. The van der Waals surface area contributed by atoms with Gasteiger partial charge in [-0.25, -0.2) is 0 Å². The van der Waals surface area contributed by atoms with E-state index >= 15 is 0 Å². The van der Waals surface area contributed by atoms with E-state index in [-0.39, 0.29) is 0 Å². The van der Waals surface area contributed by atoms with Gasteiger partial charge in [0, 0.05) is 37.9 Å². The summed E-state index contributed by atoms with van der Waals surface area (Å²) in [6.07, 6.45) is 0. The quantitative estimate of drug-likeness (QED) is 0.522. The van der Waals surface area contributed by atoms with Gasteiger partial charge in [0.1, 0.15) is 11.5 Å². The van der Waals surface area contributed by atoms with Crippen molar-refractivity contribution >= 4 is 24.0 Å². The molecule has 0 spiro atoms. The smallest absolute Gasteiger partial charge is 0.257 e. The molecule has 3 aromatic rings. The van der Waals surface area contributed by atoms with Crippen LogP contribution in [0.2, 0.25) is 0 Å². The second kappa shape index (κ2) is 9.17. The molecule has 0 aliphatic rings. The second-order valence-corrected chi connectivity index (χ2v) is 9.47. The van der Waals surface area contributed by atoms with Crippen molar-refractivity contribution in [3.63, 3.8) is 0 Å². The molecule has 3 aromatic carbocycles. The lowest BCUT2D eigenvalue weighted by Gasteiger charge is -2.29. The van der Waals surface area contributed by atoms with E-state index in [1.54, 1.807) is 7.11 Å². The van der Waals surface area contributed by atoms with E-state index in [1.807, 2.05) is 97.9 Å². The standard InChI is InChI=1S/C23H27N2O3P/c1-25(2)20-12-16-22(17-13-20)29(26,28-4)23(24-19-8-6-5-7-9-19)18-10-14-21(27-3)15-11-18/h5-17,23-24H,1-4H3. The van der Waals surface area contributed by atoms with E-state index in [9.17, 15) is 4.57 Å². The van der Waals surface area contributed by atoms with Crippen LogP contribution in [0.1, 0.15) is 11.3 Å². The zero-order valence-electron chi connectivity index (χ0n) is 17.2. The minimum atomic E-state index is -3.29. The van der Waals surface area contributed by atoms with E-state index < -0.39 is 13.2 Å². The van der Waals surface area contributed by atoms with Crippen molar-refractivity contribution in [2.45, 2.75) is 5.78 Å². The molecule has 0 radical (unpaired) electrons. The molecule has 2 unspecified atom stereocenters. The molecule has 0 saturated heterocycles. The first-order valence-corrected chi connectivity index (χ1v) is 11.1. The Labute approximate surface area is 172 Å². The van der Waals surface area contributed by atoms with Crippen LogP contribution >= 0.6 is 7.37 Å². The zero-order valence-corrected chi connectivity index (χ0v) is 18.1. The molecule has 0 amide bonds. The van der Waals surface area contributed by atoms with Gasteiger partial charge in [-0.1, -0.05) is 30.3 Å².